The fraction of sp³-hybridized carbons (Fsp3) is 0. The molecule has 0 saturated carbocycles. The van der Waals surface area contributed by atoms with Crippen molar-refractivity contribution in [3.8, 4) is 0 Å². The molecule has 2 rings (SSSR count). The highest BCUT2D eigenvalue weighted by Gasteiger charge is 2.02. The van der Waals surface area contributed by atoms with Crippen molar-refractivity contribution in [2.24, 2.45) is 10.2 Å². The molecule has 0 aliphatic heterocycles. The molecule has 0 amide bonds. The predicted octanol–water partition coefficient (Wildman–Crippen LogP) is 1.56. The maximum absolute atomic E-state index is 10.9. The number of guanidine groups is 1. The summed E-state index contributed by atoms with van der Waals surface area (Å²) in [7, 11) is 0. The monoisotopic (exact) mass is 353 g/mol. The minimum atomic E-state index is -1.04. The zero-order valence-corrected chi connectivity index (χ0v) is 13.4. The van der Waals surface area contributed by atoms with Crippen LogP contribution in [0.5, 0.6) is 0 Å². The minimum Gasteiger partial charge on any atom is -0.478 e. The summed E-state index contributed by atoms with van der Waals surface area (Å²) in [5.41, 5.74) is 6.14. The maximum Gasteiger partial charge on any atom is 0.335 e. The van der Waals surface area contributed by atoms with Gasteiger partial charge in [0, 0.05) is 0 Å². The van der Waals surface area contributed by atoms with E-state index in [0.29, 0.717) is 11.1 Å². The Bertz CT molecular complexity index is 821. The third kappa shape index (κ3) is 5.57. The lowest BCUT2D eigenvalue weighted by atomic mass is 10.1. The van der Waals surface area contributed by atoms with Gasteiger partial charge in [-0.05, 0) is 35.4 Å². The molecular formula is C17H15N5O4. The van der Waals surface area contributed by atoms with Gasteiger partial charge in [0.25, 0.3) is 0 Å². The second-order valence-electron chi connectivity index (χ2n) is 4.98. The normalized spacial score (nSPS) is 10.8. The summed E-state index contributed by atoms with van der Waals surface area (Å²) in [5.74, 6) is -2.30. The van der Waals surface area contributed by atoms with E-state index in [4.69, 9.17) is 15.6 Å². The van der Waals surface area contributed by atoms with Crippen molar-refractivity contribution in [1.29, 1.82) is 5.41 Å². The number of aromatic carboxylic acids is 2. The van der Waals surface area contributed by atoms with Gasteiger partial charge in [0.1, 0.15) is 0 Å². The standard InChI is InChI=1S/C17H15N5O4/c18-17(21-19-9-11-3-1-5-13(7-11)15(23)24)22-20-10-12-4-2-6-14(8-12)16(25)26/h1-10H,(H,23,24)(H,25,26)(H3,18,21,22)/b19-9+,20-10+. The van der Waals surface area contributed by atoms with Crippen LogP contribution in [-0.2, 0) is 0 Å². The van der Waals surface area contributed by atoms with Gasteiger partial charge < -0.3 is 10.2 Å². The number of rotatable bonds is 6. The fourth-order valence-corrected chi connectivity index (χ4v) is 1.87. The lowest BCUT2D eigenvalue weighted by Crippen LogP contribution is -2.29. The zero-order chi connectivity index (χ0) is 18.9. The highest BCUT2D eigenvalue weighted by Crippen LogP contribution is 2.03. The molecule has 0 aliphatic rings. The SMILES string of the molecule is N=C(N/N=C/c1cccc(C(=O)O)c1)N/N=C/c1cccc(C(=O)O)c1. The summed E-state index contributed by atoms with van der Waals surface area (Å²) in [4.78, 5) is 21.8. The number of carbonyl (C=O) groups is 2. The summed E-state index contributed by atoms with van der Waals surface area (Å²) in [5, 5.41) is 33.0. The summed E-state index contributed by atoms with van der Waals surface area (Å²) >= 11 is 0. The molecular weight excluding hydrogens is 338 g/mol. The van der Waals surface area contributed by atoms with E-state index in [9.17, 15) is 9.59 Å². The van der Waals surface area contributed by atoms with Gasteiger partial charge in [-0.3, -0.25) is 5.41 Å². The number of carboxylic acids is 2. The van der Waals surface area contributed by atoms with Crippen molar-refractivity contribution >= 4 is 30.3 Å². The lowest BCUT2D eigenvalue weighted by molar-refractivity contribution is 0.0686. The molecule has 0 spiro atoms. The Morgan fingerprint density at radius 3 is 1.65 bits per heavy atom. The van der Waals surface area contributed by atoms with Crippen LogP contribution in [0.3, 0.4) is 0 Å². The highest BCUT2D eigenvalue weighted by molar-refractivity contribution is 5.92. The van der Waals surface area contributed by atoms with E-state index in [0.717, 1.165) is 0 Å². The first kappa shape index (κ1) is 18.3. The molecule has 0 aromatic heterocycles. The molecule has 5 N–H and O–H groups in total. The van der Waals surface area contributed by atoms with Gasteiger partial charge in [0.15, 0.2) is 0 Å². The quantitative estimate of drug-likeness (QED) is 0.302. The van der Waals surface area contributed by atoms with E-state index < -0.39 is 11.9 Å². The Morgan fingerprint density at radius 2 is 1.27 bits per heavy atom. The Morgan fingerprint density at radius 1 is 0.846 bits per heavy atom. The minimum absolute atomic E-state index is 0.135. The van der Waals surface area contributed by atoms with E-state index >= 15 is 0 Å². The molecule has 0 heterocycles. The molecule has 0 aliphatic carbocycles. The third-order valence-corrected chi connectivity index (χ3v) is 3.05. The van der Waals surface area contributed by atoms with Gasteiger partial charge >= 0.3 is 11.9 Å². The number of nitrogens with zero attached hydrogens (tertiary/aromatic N) is 2. The Kier molecular flexibility index (Phi) is 6.16. The van der Waals surface area contributed by atoms with Gasteiger partial charge in [-0.1, -0.05) is 24.3 Å². The van der Waals surface area contributed by atoms with E-state index in [1.807, 2.05) is 0 Å². The second-order valence-corrected chi connectivity index (χ2v) is 4.98. The summed E-state index contributed by atoms with van der Waals surface area (Å²) in [6, 6.07) is 12.3. The predicted molar refractivity (Wildman–Crippen MR) is 96.0 cm³/mol. The topological polar surface area (TPSA) is 147 Å². The molecule has 132 valence electrons. The van der Waals surface area contributed by atoms with Gasteiger partial charge in [-0.25, -0.2) is 20.4 Å². The zero-order valence-electron chi connectivity index (χ0n) is 13.4. The van der Waals surface area contributed by atoms with E-state index in [1.165, 1.54) is 36.7 Å². The molecule has 0 bridgehead atoms. The molecule has 9 heteroatoms. The summed E-state index contributed by atoms with van der Waals surface area (Å²) < 4.78 is 0. The van der Waals surface area contributed by atoms with Crippen LogP contribution in [0.2, 0.25) is 0 Å². The van der Waals surface area contributed by atoms with Crippen LogP contribution in [0.15, 0.2) is 58.7 Å². The average molecular weight is 353 g/mol. The first-order valence-electron chi connectivity index (χ1n) is 7.29. The van der Waals surface area contributed by atoms with E-state index in [1.54, 1.807) is 24.3 Å². The fourth-order valence-electron chi connectivity index (χ4n) is 1.87. The number of nitrogens with one attached hydrogen (secondary N) is 3. The first-order chi connectivity index (χ1) is 12.5. The van der Waals surface area contributed by atoms with Gasteiger partial charge in [0.05, 0.1) is 23.6 Å². The first-order valence-corrected chi connectivity index (χ1v) is 7.29. The molecule has 2 aromatic carbocycles. The molecule has 0 unspecified atom stereocenters. The number of hydrogen-bond acceptors (Lipinski definition) is 5. The molecule has 0 saturated heterocycles. The van der Waals surface area contributed by atoms with Crippen LogP contribution in [-0.4, -0.2) is 40.5 Å². The van der Waals surface area contributed by atoms with Crippen LogP contribution < -0.4 is 10.9 Å². The van der Waals surface area contributed by atoms with Crippen molar-refractivity contribution < 1.29 is 19.8 Å². The molecule has 0 fully saturated rings. The molecule has 0 radical (unpaired) electrons. The number of hydrazone groups is 2. The number of hydrogen-bond donors (Lipinski definition) is 5. The van der Waals surface area contributed by atoms with Gasteiger partial charge in [-0.2, -0.15) is 10.2 Å². The Balaban J connectivity index is 1.87. The molecule has 2 aromatic rings. The van der Waals surface area contributed by atoms with Crippen LogP contribution in [0.25, 0.3) is 0 Å². The van der Waals surface area contributed by atoms with Crippen LogP contribution in [0, 0.1) is 5.41 Å². The van der Waals surface area contributed by atoms with Crippen LogP contribution in [0.1, 0.15) is 31.8 Å². The van der Waals surface area contributed by atoms with E-state index in [-0.39, 0.29) is 17.1 Å². The Hall–Kier alpha value is -4.01. The lowest BCUT2D eigenvalue weighted by Gasteiger charge is -2.01. The smallest absolute Gasteiger partial charge is 0.335 e. The third-order valence-electron chi connectivity index (χ3n) is 3.05. The van der Waals surface area contributed by atoms with Crippen LogP contribution in [0.4, 0.5) is 0 Å². The van der Waals surface area contributed by atoms with Crippen molar-refractivity contribution in [2.45, 2.75) is 0 Å². The summed E-state index contributed by atoms with van der Waals surface area (Å²) in [6.45, 7) is 0. The van der Waals surface area contributed by atoms with E-state index in [2.05, 4.69) is 21.1 Å². The molecule has 26 heavy (non-hydrogen) atoms. The number of carboxylic acid groups (broad SMARTS) is 2. The Labute approximate surface area is 148 Å². The maximum atomic E-state index is 10.9. The number of benzene rings is 2. The van der Waals surface area contributed by atoms with Crippen LogP contribution >= 0.6 is 0 Å². The van der Waals surface area contributed by atoms with Crippen molar-refractivity contribution in [3.05, 3.63) is 70.8 Å². The van der Waals surface area contributed by atoms with Crippen molar-refractivity contribution in [3.63, 3.8) is 0 Å². The second kappa shape index (κ2) is 8.73. The summed E-state index contributed by atoms with van der Waals surface area (Å²) in [6.07, 6.45) is 2.73. The highest BCUT2D eigenvalue weighted by atomic mass is 16.4. The largest absolute Gasteiger partial charge is 0.478 e. The van der Waals surface area contributed by atoms with Gasteiger partial charge in [0.2, 0.25) is 5.96 Å². The average Bonchev–Trinajstić information content (AvgIpc) is 2.62. The van der Waals surface area contributed by atoms with Crippen molar-refractivity contribution in [2.75, 3.05) is 0 Å². The van der Waals surface area contributed by atoms with Gasteiger partial charge in [-0.15, -0.1) is 0 Å². The molecule has 9 nitrogen and oxygen atoms in total. The molecule has 0 atom stereocenters. The van der Waals surface area contributed by atoms with Crippen molar-refractivity contribution in [1.82, 2.24) is 10.9 Å².